The van der Waals surface area contributed by atoms with Crippen LogP contribution in [0.5, 0.6) is 0 Å². The van der Waals surface area contributed by atoms with E-state index in [0.29, 0.717) is 12.0 Å². The Morgan fingerprint density at radius 1 is 1.33 bits per heavy atom. The highest BCUT2D eigenvalue weighted by Gasteiger charge is 2.27. The SMILES string of the molecule is CCCCC(OC(N)=O)C(OCOC)c1ccc(F)cc1. The predicted molar refractivity (Wildman–Crippen MR) is 76.1 cm³/mol. The zero-order chi connectivity index (χ0) is 15.7. The number of primary amides is 1. The quantitative estimate of drug-likeness (QED) is 0.711. The summed E-state index contributed by atoms with van der Waals surface area (Å²) in [5, 5.41) is 0. The summed E-state index contributed by atoms with van der Waals surface area (Å²) in [6.07, 6.45) is 0.452. The Balaban J connectivity index is 2.93. The minimum absolute atomic E-state index is 0.0345. The van der Waals surface area contributed by atoms with Crippen LogP contribution in [0.4, 0.5) is 9.18 Å². The molecule has 6 heteroatoms. The van der Waals surface area contributed by atoms with Crippen molar-refractivity contribution >= 4 is 6.09 Å². The van der Waals surface area contributed by atoms with E-state index in [1.54, 1.807) is 12.1 Å². The fraction of sp³-hybridized carbons (Fsp3) is 0.533. The molecule has 5 nitrogen and oxygen atoms in total. The molecule has 0 saturated carbocycles. The van der Waals surface area contributed by atoms with Crippen LogP contribution in [0.1, 0.15) is 37.9 Å². The lowest BCUT2D eigenvalue weighted by Gasteiger charge is -2.26. The number of carbonyl (C=O) groups excluding carboxylic acids is 1. The van der Waals surface area contributed by atoms with Gasteiger partial charge in [0.25, 0.3) is 0 Å². The van der Waals surface area contributed by atoms with E-state index in [1.807, 2.05) is 6.92 Å². The number of nitrogens with two attached hydrogens (primary N) is 1. The number of ether oxygens (including phenoxy) is 3. The van der Waals surface area contributed by atoms with E-state index in [-0.39, 0.29) is 12.6 Å². The van der Waals surface area contributed by atoms with Crippen LogP contribution in [-0.2, 0) is 14.2 Å². The molecular formula is C15H22FNO4. The van der Waals surface area contributed by atoms with Gasteiger partial charge in [-0.05, 0) is 30.5 Å². The topological polar surface area (TPSA) is 70.8 Å². The van der Waals surface area contributed by atoms with Crippen molar-refractivity contribution < 1.29 is 23.4 Å². The first kappa shape index (κ1) is 17.4. The van der Waals surface area contributed by atoms with Gasteiger partial charge in [-0.15, -0.1) is 0 Å². The first-order valence-electron chi connectivity index (χ1n) is 6.90. The summed E-state index contributed by atoms with van der Waals surface area (Å²) < 4.78 is 28.7. The summed E-state index contributed by atoms with van der Waals surface area (Å²) in [5.74, 6) is -0.342. The first-order chi connectivity index (χ1) is 10.1. The molecule has 0 aliphatic heterocycles. The molecule has 0 heterocycles. The van der Waals surface area contributed by atoms with Crippen LogP contribution < -0.4 is 5.73 Å². The normalized spacial score (nSPS) is 13.7. The van der Waals surface area contributed by atoms with Crippen molar-refractivity contribution in [1.82, 2.24) is 0 Å². The second kappa shape index (κ2) is 9.31. The summed E-state index contributed by atoms with van der Waals surface area (Å²) in [7, 11) is 1.50. The van der Waals surface area contributed by atoms with Gasteiger partial charge >= 0.3 is 6.09 Å². The summed E-state index contributed by atoms with van der Waals surface area (Å²) in [5.41, 5.74) is 5.83. The van der Waals surface area contributed by atoms with E-state index < -0.39 is 18.3 Å². The van der Waals surface area contributed by atoms with Crippen molar-refractivity contribution in [2.45, 2.75) is 38.4 Å². The number of rotatable bonds is 9. The fourth-order valence-corrected chi connectivity index (χ4v) is 2.04. The lowest BCUT2D eigenvalue weighted by Crippen LogP contribution is -2.30. The van der Waals surface area contributed by atoms with Crippen LogP contribution in [-0.4, -0.2) is 26.1 Å². The number of amides is 1. The van der Waals surface area contributed by atoms with Gasteiger partial charge < -0.3 is 19.9 Å². The third-order valence-electron chi connectivity index (χ3n) is 3.01. The lowest BCUT2D eigenvalue weighted by molar-refractivity contribution is -0.117. The second-order valence-corrected chi connectivity index (χ2v) is 4.66. The monoisotopic (exact) mass is 299 g/mol. The Morgan fingerprint density at radius 3 is 2.52 bits per heavy atom. The van der Waals surface area contributed by atoms with E-state index >= 15 is 0 Å². The molecule has 1 amide bonds. The predicted octanol–water partition coefficient (Wildman–Crippen LogP) is 3.14. The van der Waals surface area contributed by atoms with E-state index in [2.05, 4.69) is 0 Å². The average molecular weight is 299 g/mol. The van der Waals surface area contributed by atoms with E-state index in [4.69, 9.17) is 19.9 Å². The molecule has 0 saturated heterocycles. The highest BCUT2D eigenvalue weighted by Crippen LogP contribution is 2.27. The molecule has 0 bridgehead atoms. The molecule has 0 spiro atoms. The van der Waals surface area contributed by atoms with Crippen molar-refractivity contribution in [1.29, 1.82) is 0 Å². The van der Waals surface area contributed by atoms with Crippen molar-refractivity contribution in [2.75, 3.05) is 13.9 Å². The highest BCUT2D eigenvalue weighted by atomic mass is 19.1. The summed E-state index contributed by atoms with van der Waals surface area (Å²) >= 11 is 0. The third kappa shape index (κ3) is 6.10. The molecule has 1 aromatic rings. The van der Waals surface area contributed by atoms with Crippen molar-refractivity contribution in [3.8, 4) is 0 Å². The lowest BCUT2D eigenvalue weighted by atomic mass is 10.00. The van der Waals surface area contributed by atoms with Crippen LogP contribution in [0.2, 0.25) is 0 Å². The van der Waals surface area contributed by atoms with Gasteiger partial charge in [-0.3, -0.25) is 0 Å². The minimum atomic E-state index is -0.857. The van der Waals surface area contributed by atoms with Gasteiger partial charge in [-0.25, -0.2) is 9.18 Å². The Hall–Kier alpha value is -1.66. The Bertz CT molecular complexity index is 424. The van der Waals surface area contributed by atoms with Crippen LogP contribution in [0, 0.1) is 5.82 Å². The first-order valence-corrected chi connectivity index (χ1v) is 6.90. The summed E-state index contributed by atoms with van der Waals surface area (Å²) in [6.45, 7) is 2.07. The zero-order valence-corrected chi connectivity index (χ0v) is 12.4. The van der Waals surface area contributed by atoms with Gasteiger partial charge in [-0.2, -0.15) is 0 Å². The van der Waals surface area contributed by atoms with Gasteiger partial charge in [0, 0.05) is 7.11 Å². The molecule has 2 N–H and O–H groups in total. The van der Waals surface area contributed by atoms with Gasteiger partial charge in [-0.1, -0.05) is 25.5 Å². The molecule has 21 heavy (non-hydrogen) atoms. The summed E-state index contributed by atoms with van der Waals surface area (Å²) in [6, 6.07) is 5.86. The average Bonchev–Trinajstić information content (AvgIpc) is 2.46. The molecule has 118 valence electrons. The molecule has 0 aliphatic carbocycles. The van der Waals surface area contributed by atoms with E-state index in [1.165, 1.54) is 19.2 Å². The number of unbranched alkanes of at least 4 members (excludes halogenated alkanes) is 1. The van der Waals surface area contributed by atoms with Gasteiger partial charge in [0.2, 0.25) is 0 Å². The van der Waals surface area contributed by atoms with Crippen LogP contribution in [0.15, 0.2) is 24.3 Å². The Labute approximate surface area is 124 Å². The number of hydrogen-bond acceptors (Lipinski definition) is 4. The second-order valence-electron chi connectivity index (χ2n) is 4.66. The smallest absolute Gasteiger partial charge is 0.404 e. The van der Waals surface area contributed by atoms with Gasteiger partial charge in [0.15, 0.2) is 0 Å². The molecule has 2 atom stereocenters. The summed E-state index contributed by atoms with van der Waals surface area (Å²) in [4.78, 5) is 11.1. The largest absolute Gasteiger partial charge is 0.443 e. The number of halogens is 1. The van der Waals surface area contributed by atoms with Crippen molar-refractivity contribution in [3.05, 3.63) is 35.6 Å². The molecule has 1 aromatic carbocycles. The molecule has 0 radical (unpaired) electrons. The van der Waals surface area contributed by atoms with Crippen LogP contribution in [0.3, 0.4) is 0 Å². The molecule has 0 aromatic heterocycles. The maximum absolute atomic E-state index is 13.0. The Morgan fingerprint density at radius 2 is 2.00 bits per heavy atom. The molecule has 0 fully saturated rings. The standard InChI is InChI=1S/C15H22FNO4/c1-3-4-5-13(21-15(17)18)14(20-10-19-2)11-6-8-12(16)9-7-11/h6-9,13-14H,3-5,10H2,1-2H3,(H2,17,18). The molecular weight excluding hydrogens is 277 g/mol. The Kier molecular flexibility index (Phi) is 7.71. The fourth-order valence-electron chi connectivity index (χ4n) is 2.04. The van der Waals surface area contributed by atoms with E-state index in [9.17, 15) is 9.18 Å². The molecule has 2 unspecified atom stereocenters. The number of carbonyl (C=O) groups is 1. The number of hydrogen-bond donors (Lipinski definition) is 1. The van der Waals surface area contributed by atoms with Crippen molar-refractivity contribution in [3.63, 3.8) is 0 Å². The molecule has 1 rings (SSSR count). The van der Waals surface area contributed by atoms with E-state index in [0.717, 1.165) is 12.8 Å². The number of benzene rings is 1. The maximum atomic E-state index is 13.0. The van der Waals surface area contributed by atoms with Gasteiger partial charge in [0.1, 0.15) is 24.8 Å². The van der Waals surface area contributed by atoms with Gasteiger partial charge in [0.05, 0.1) is 0 Å². The van der Waals surface area contributed by atoms with Crippen LogP contribution in [0.25, 0.3) is 0 Å². The third-order valence-corrected chi connectivity index (χ3v) is 3.01. The zero-order valence-electron chi connectivity index (χ0n) is 12.4. The number of methoxy groups -OCH3 is 1. The highest BCUT2D eigenvalue weighted by molar-refractivity contribution is 5.64. The minimum Gasteiger partial charge on any atom is -0.443 e. The van der Waals surface area contributed by atoms with Crippen LogP contribution >= 0.6 is 0 Å². The maximum Gasteiger partial charge on any atom is 0.404 e. The molecule has 0 aliphatic rings. The van der Waals surface area contributed by atoms with Crippen molar-refractivity contribution in [2.24, 2.45) is 5.73 Å².